The van der Waals surface area contributed by atoms with Gasteiger partial charge in [0.05, 0.1) is 17.8 Å². The molecule has 1 atom stereocenters. The molecule has 162 valence electrons. The van der Waals surface area contributed by atoms with Crippen molar-refractivity contribution in [2.24, 2.45) is 0 Å². The Balaban J connectivity index is 1.44. The predicted octanol–water partition coefficient (Wildman–Crippen LogP) is 3.46. The molecule has 0 aliphatic carbocycles. The van der Waals surface area contributed by atoms with Crippen LogP contribution in [0.4, 0.5) is 10.2 Å². The Hall–Kier alpha value is -2.88. The van der Waals surface area contributed by atoms with Crippen LogP contribution in [0.2, 0.25) is 5.28 Å². The van der Waals surface area contributed by atoms with Gasteiger partial charge in [-0.2, -0.15) is 0 Å². The maximum Gasteiger partial charge on any atom is 0.383 e. The molecule has 1 aromatic carbocycles. The number of hydrogen-bond donors (Lipinski definition) is 1. The fraction of sp³-hybridized carbons (Fsp3) is 0.333. The monoisotopic (exact) mass is 445 g/mol. The molecule has 1 aliphatic heterocycles. The van der Waals surface area contributed by atoms with Crippen LogP contribution in [0.15, 0.2) is 42.6 Å². The molecule has 3 aromatic rings. The molecule has 0 bridgehead atoms. The second-order valence-electron chi connectivity index (χ2n) is 8.02. The van der Waals surface area contributed by atoms with Gasteiger partial charge in [-0.1, -0.05) is 18.2 Å². The summed E-state index contributed by atoms with van der Waals surface area (Å²) in [4.78, 5) is 20.7. The van der Waals surface area contributed by atoms with Crippen molar-refractivity contribution >= 4 is 17.4 Å². The van der Waals surface area contributed by atoms with E-state index in [9.17, 15) is 19.6 Å². The first-order chi connectivity index (χ1) is 14.7. The van der Waals surface area contributed by atoms with E-state index < -0.39 is 10.5 Å². The normalized spacial score (nSPS) is 16.0. The molecule has 1 N–H and O–H groups in total. The lowest BCUT2D eigenvalue weighted by atomic mass is 10.00. The highest BCUT2D eigenvalue weighted by Gasteiger charge is 2.30. The molecule has 8 nitrogen and oxygen atoms in total. The summed E-state index contributed by atoms with van der Waals surface area (Å²) in [5, 5.41) is 21.7. The van der Waals surface area contributed by atoms with E-state index in [2.05, 4.69) is 9.88 Å². The van der Waals surface area contributed by atoms with E-state index in [-0.39, 0.29) is 23.5 Å². The zero-order valence-electron chi connectivity index (χ0n) is 16.8. The van der Waals surface area contributed by atoms with Crippen molar-refractivity contribution < 1.29 is 14.4 Å². The Morgan fingerprint density at radius 1 is 1.29 bits per heavy atom. The number of nitrogens with zero attached hydrogens (tertiary/aromatic N) is 5. The highest BCUT2D eigenvalue weighted by Crippen LogP contribution is 2.25. The summed E-state index contributed by atoms with van der Waals surface area (Å²) in [7, 11) is 0. The summed E-state index contributed by atoms with van der Waals surface area (Å²) >= 11 is 5.97. The van der Waals surface area contributed by atoms with E-state index in [1.807, 2.05) is 18.2 Å². The standard InChI is InChI=1S/C21H21ClFN5O3/c1-21(29,13-27-11-19(28(30)31)25-20(27)22)12-26-8-7-18-15(10-26)5-6-17(24-18)14-3-2-4-16(23)9-14/h2-6,9,11,29H,7-8,10,12-13H2,1H3/t21-/m0/s1. The van der Waals surface area contributed by atoms with Crippen LogP contribution in [0.5, 0.6) is 0 Å². The van der Waals surface area contributed by atoms with Gasteiger partial charge in [-0.05, 0) is 52.2 Å². The number of imidazole rings is 1. The smallest absolute Gasteiger partial charge is 0.383 e. The number of pyridine rings is 1. The van der Waals surface area contributed by atoms with Crippen molar-refractivity contribution in [3.63, 3.8) is 0 Å². The van der Waals surface area contributed by atoms with E-state index in [1.165, 1.54) is 22.9 Å². The predicted molar refractivity (Wildman–Crippen MR) is 113 cm³/mol. The number of nitro groups is 1. The maximum absolute atomic E-state index is 13.5. The maximum atomic E-state index is 13.5. The molecule has 0 spiro atoms. The summed E-state index contributed by atoms with van der Waals surface area (Å²) in [5.74, 6) is -0.651. The number of aliphatic hydroxyl groups is 1. The molecule has 0 amide bonds. The molecular weight excluding hydrogens is 425 g/mol. The number of hydrogen-bond acceptors (Lipinski definition) is 6. The number of β-amino-alcohol motifs (C(OH)–C–C–N with tert-alkyl or cyclic N) is 1. The lowest BCUT2D eigenvalue weighted by molar-refractivity contribution is -0.389. The Bertz CT molecular complexity index is 1130. The SMILES string of the molecule is C[C@](O)(CN1CCc2nc(-c3cccc(F)c3)ccc2C1)Cn1cc([N+](=O)[O-])nc1Cl. The molecular formula is C21H21ClFN5O3. The van der Waals surface area contributed by atoms with E-state index in [0.717, 1.165) is 22.5 Å². The van der Waals surface area contributed by atoms with Crippen molar-refractivity contribution in [2.45, 2.75) is 32.0 Å². The van der Waals surface area contributed by atoms with Crippen LogP contribution in [-0.2, 0) is 19.5 Å². The summed E-state index contributed by atoms with van der Waals surface area (Å²) in [6.45, 7) is 3.39. The molecule has 0 fully saturated rings. The van der Waals surface area contributed by atoms with Crippen LogP contribution in [0.1, 0.15) is 18.2 Å². The Kier molecular flexibility index (Phi) is 5.74. The molecule has 0 saturated carbocycles. The second kappa shape index (κ2) is 8.33. The van der Waals surface area contributed by atoms with Crippen molar-refractivity contribution in [3.05, 3.63) is 75.1 Å². The topological polar surface area (TPSA) is 97.3 Å². The van der Waals surface area contributed by atoms with E-state index in [1.54, 1.807) is 13.0 Å². The van der Waals surface area contributed by atoms with Gasteiger partial charge in [0.1, 0.15) is 12.0 Å². The fourth-order valence-electron chi connectivity index (χ4n) is 3.90. The van der Waals surface area contributed by atoms with Gasteiger partial charge < -0.3 is 15.2 Å². The minimum Gasteiger partial charge on any atom is -0.387 e. The Morgan fingerprint density at radius 3 is 2.81 bits per heavy atom. The third kappa shape index (κ3) is 4.90. The van der Waals surface area contributed by atoms with Crippen molar-refractivity contribution in [2.75, 3.05) is 13.1 Å². The average Bonchev–Trinajstić information content (AvgIpc) is 3.07. The second-order valence-corrected chi connectivity index (χ2v) is 8.36. The van der Waals surface area contributed by atoms with Crippen LogP contribution in [-0.4, -0.2) is 48.2 Å². The summed E-state index contributed by atoms with van der Waals surface area (Å²) < 4.78 is 14.9. The van der Waals surface area contributed by atoms with Gasteiger partial charge in [0.25, 0.3) is 0 Å². The van der Waals surface area contributed by atoms with Crippen LogP contribution in [0.25, 0.3) is 11.3 Å². The first-order valence-electron chi connectivity index (χ1n) is 9.77. The summed E-state index contributed by atoms with van der Waals surface area (Å²) in [5.41, 5.74) is 2.31. The van der Waals surface area contributed by atoms with Gasteiger partial charge in [0.15, 0.2) is 0 Å². The highest BCUT2D eigenvalue weighted by molar-refractivity contribution is 6.28. The average molecular weight is 446 g/mol. The van der Waals surface area contributed by atoms with Crippen LogP contribution in [0.3, 0.4) is 0 Å². The quantitative estimate of drug-likeness (QED) is 0.461. The molecule has 3 heterocycles. The van der Waals surface area contributed by atoms with E-state index in [0.29, 0.717) is 26.1 Å². The largest absolute Gasteiger partial charge is 0.387 e. The number of fused-ring (bicyclic) bond motifs is 1. The summed E-state index contributed by atoms with van der Waals surface area (Å²) in [6.07, 6.45) is 1.92. The molecule has 10 heteroatoms. The first-order valence-corrected chi connectivity index (χ1v) is 10.1. The highest BCUT2D eigenvalue weighted by atomic mass is 35.5. The van der Waals surface area contributed by atoms with Gasteiger partial charge in [-0.15, -0.1) is 0 Å². The fourth-order valence-corrected chi connectivity index (χ4v) is 4.09. The number of benzene rings is 1. The zero-order chi connectivity index (χ0) is 22.2. The molecule has 0 radical (unpaired) electrons. The summed E-state index contributed by atoms with van der Waals surface area (Å²) in [6, 6.07) is 10.2. The van der Waals surface area contributed by atoms with Crippen molar-refractivity contribution in [3.8, 4) is 11.3 Å². The van der Waals surface area contributed by atoms with Crippen LogP contribution in [0, 0.1) is 15.9 Å². The van der Waals surface area contributed by atoms with Crippen LogP contribution >= 0.6 is 11.6 Å². The third-order valence-corrected chi connectivity index (χ3v) is 5.53. The number of halogens is 2. The minimum absolute atomic E-state index is 0.0370. The molecule has 1 aliphatic rings. The molecule has 0 unspecified atom stereocenters. The lowest BCUT2D eigenvalue weighted by Gasteiger charge is -2.34. The molecule has 31 heavy (non-hydrogen) atoms. The number of rotatable bonds is 6. The molecule has 0 saturated heterocycles. The minimum atomic E-state index is -1.18. The molecule has 2 aromatic heterocycles. The zero-order valence-corrected chi connectivity index (χ0v) is 17.6. The van der Waals surface area contributed by atoms with Gasteiger partial charge in [-0.3, -0.25) is 14.5 Å². The number of aromatic nitrogens is 3. The van der Waals surface area contributed by atoms with Crippen molar-refractivity contribution in [1.29, 1.82) is 0 Å². The van der Waals surface area contributed by atoms with Gasteiger partial charge >= 0.3 is 11.1 Å². The van der Waals surface area contributed by atoms with E-state index >= 15 is 0 Å². The van der Waals surface area contributed by atoms with E-state index in [4.69, 9.17) is 16.6 Å². The Morgan fingerprint density at radius 2 is 2.10 bits per heavy atom. The lowest BCUT2D eigenvalue weighted by Crippen LogP contribution is -2.45. The first kappa shape index (κ1) is 21.4. The Labute approximate surface area is 183 Å². The van der Waals surface area contributed by atoms with Crippen LogP contribution < -0.4 is 0 Å². The van der Waals surface area contributed by atoms with Gasteiger partial charge in [-0.25, -0.2) is 4.39 Å². The van der Waals surface area contributed by atoms with Gasteiger partial charge in [0, 0.05) is 37.3 Å². The van der Waals surface area contributed by atoms with Gasteiger partial charge in [0.2, 0.25) is 0 Å². The van der Waals surface area contributed by atoms with Crippen molar-refractivity contribution in [1.82, 2.24) is 19.4 Å². The third-order valence-electron chi connectivity index (χ3n) is 5.23. The molecule has 4 rings (SSSR count).